The van der Waals surface area contributed by atoms with E-state index in [1.54, 1.807) is 37.7 Å². The van der Waals surface area contributed by atoms with Crippen LogP contribution in [-0.4, -0.2) is 30.9 Å². The van der Waals surface area contributed by atoms with Crippen molar-refractivity contribution in [3.8, 4) is 17.2 Å². The number of benzene rings is 4. The van der Waals surface area contributed by atoms with E-state index in [1.165, 1.54) is 11.3 Å². The molecule has 0 saturated carbocycles. The Morgan fingerprint density at radius 3 is 2.54 bits per heavy atom. The molecule has 46 heavy (non-hydrogen) atoms. The summed E-state index contributed by atoms with van der Waals surface area (Å²) in [5.41, 5.74) is 3.11. The molecule has 0 unspecified atom stereocenters. The Morgan fingerprint density at radius 1 is 0.935 bits per heavy atom. The predicted molar refractivity (Wildman–Crippen MR) is 179 cm³/mol. The number of hydrogen-bond acceptors (Lipinski definition) is 8. The van der Waals surface area contributed by atoms with E-state index in [0.717, 1.165) is 21.9 Å². The number of hydrogen-bond donors (Lipinski definition) is 0. The van der Waals surface area contributed by atoms with Crippen molar-refractivity contribution in [2.75, 3.05) is 20.3 Å². The van der Waals surface area contributed by atoms with Gasteiger partial charge >= 0.3 is 5.97 Å². The second kappa shape index (κ2) is 13.5. The van der Waals surface area contributed by atoms with Crippen LogP contribution in [0.4, 0.5) is 0 Å². The zero-order valence-electron chi connectivity index (χ0n) is 26.1. The van der Waals surface area contributed by atoms with Gasteiger partial charge in [-0.1, -0.05) is 72.0 Å². The highest BCUT2D eigenvalue weighted by molar-refractivity contribution is 7.07. The Morgan fingerprint density at radius 2 is 1.74 bits per heavy atom. The molecule has 0 fully saturated rings. The average Bonchev–Trinajstić information content (AvgIpc) is 3.37. The van der Waals surface area contributed by atoms with Gasteiger partial charge in [-0.3, -0.25) is 9.36 Å². The van der Waals surface area contributed by atoms with E-state index in [1.807, 2.05) is 61.5 Å². The third kappa shape index (κ3) is 6.06. The van der Waals surface area contributed by atoms with Gasteiger partial charge in [-0.2, -0.15) is 0 Å². The van der Waals surface area contributed by atoms with Crippen molar-refractivity contribution in [3.63, 3.8) is 0 Å². The molecule has 234 valence electrons. The molecule has 2 heterocycles. The normalized spacial score (nSPS) is 14.5. The van der Waals surface area contributed by atoms with Crippen LogP contribution in [0.25, 0.3) is 16.8 Å². The maximum Gasteiger partial charge on any atom is 0.338 e. The molecule has 1 atom stereocenters. The zero-order chi connectivity index (χ0) is 32.2. The molecule has 0 radical (unpaired) electrons. The summed E-state index contributed by atoms with van der Waals surface area (Å²) >= 11 is 1.27. The highest BCUT2D eigenvalue weighted by Crippen LogP contribution is 2.36. The summed E-state index contributed by atoms with van der Waals surface area (Å²) < 4.78 is 25.0. The maximum atomic E-state index is 14.1. The summed E-state index contributed by atoms with van der Waals surface area (Å²) in [5.74, 6) is 1.24. The van der Waals surface area contributed by atoms with Crippen LogP contribution in [0, 0.1) is 0 Å². The van der Waals surface area contributed by atoms with E-state index in [-0.39, 0.29) is 12.2 Å². The fourth-order valence-electron chi connectivity index (χ4n) is 5.66. The first kappa shape index (κ1) is 30.9. The molecule has 4 aromatic carbocycles. The van der Waals surface area contributed by atoms with Crippen LogP contribution in [0.2, 0.25) is 0 Å². The SMILES string of the molecule is CCOC(=O)C1=C(C)N=c2s/c(=C\c3cccc(OCc4cccc5ccccc45)c3)c(=O)n2[C@@H]1c1ccc(OC)c(OCC)c1. The highest BCUT2D eigenvalue weighted by Gasteiger charge is 2.34. The smallest absolute Gasteiger partial charge is 0.338 e. The van der Waals surface area contributed by atoms with Crippen molar-refractivity contribution in [1.29, 1.82) is 0 Å². The molecule has 1 aliphatic heterocycles. The lowest BCUT2D eigenvalue weighted by molar-refractivity contribution is -0.139. The molecule has 0 saturated heterocycles. The molecule has 0 amide bonds. The number of ether oxygens (including phenoxy) is 4. The van der Waals surface area contributed by atoms with Gasteiger partial charge < -0.3 is 18.9 Å². The fraction of sp³-hybridized carbons (Fsp3) is 0.216. The Bertz CT molecular complexity index is 2140. The number of carbonyl (C=O) groups excluding carboxylic acids is 1. The van der Waals surface area contributed by atoms with E-state index in [2.05, 4.69) is 29.3 Å². The van der Waals surface area contributed by atoms with Gasteiger partial charge in [-0.15, -0.1) is 0 Å². The van der Waals surface area contributed by atoms with Crippen molar-refractivity contribution in [1.82, 2.24) is 4.57 Å². The fourth-order valence-corrected chi connectivity index (χ4v) is 6.71. The van der Waals surface area contributed by atoms with Gasteiger partial charge in [0.05, 0.1) is 42.2 Å². The second-order valence-electron chi connectivity index (χ2n) is 10.6. The molecular formula is C37H34N2O6S. The largest absolute Gasteiger partial charge is 0.493 e. The van der Waals surface area contributed by atoms with Gasteiger partial charge in [-0.05, 0) is 78.6 Å². The van der Waals surface area contributed by atoms with E-state index in [4.69, 9.17) is 18.9 Å². The summed E-state index contributed by atoms with van der Waals surface area (Å²) in [6, 6.07) is 26.7. The van der Waals surface area contributed by atoms with E-state index in [9.17, 15) is 9.59 Å². The van der Waals surface area contributed by atoms with Crippen LogP contribution >= 0.6 is 11.3 Å². The lowest BCUT2D eigenvalue weighted by Crippen LogP contribution is -2.40. The van der Waals surface area contributed by atoms with Gasteiger partial charge in [0.1, 0.15) is 12.4 Å². The van der Waals surface area contributed by atoms with Crippen molar-refractivity contribution in [3.05, 3.63) is 133 Å². The number of allylic oxidation sites excluding steroid dienone is 1. The summed E-state index contributed by atoms with van der Waals surface area (Å²) in [7, 11) is 1.57. The number of thiazole rings is 1. The second-order valence-corrected chi connectivity index (χ2v) is 11.7. The molecule has 1 aliphatic rings. The minimum absolute atomic E-state index is 0.193. The van der Waals surface area contributed by atoms with Gasteiger partial charge in [0.25, 0.3) is 5.56 Å². The van der Waals surface area contributed by atoms with Crippen molar-refractivity contribution >= 4 is 34.2 Å². The standard InChI is InChI=1S/C37H34N2O6S/c1-5-43-31-21-26(17-18-30(31)42-4)34-33(36(41)44-6-2)23(3)38-37-39(34)35(40)32(46-37)20-24-11-9-15-28(19-24)45-22-27-14-10-13-25-12-7-8-16-29(25)27/h7-21,34H,5-6,22H2,1-4H3/b32-20-/t34-/m1/s1. The quantitative estimate of drug-likeness (QED) is 0.177. The first-order chi connectivity index (χ1) is 22.4. The average molecular weight is 635 g/mol. The summed E-state index contributed by atoms with van der Waals surface area (Å²) in [6.45, 7) is 6.42. The van der Waals surface area contributed by atoms with Crippen molar-refractivity contribution in [2.45, 2.75) is 33.4 Å². The van der Waals surface area contributed by atoms with Gasteiger partial charge in [0, 0.05) is 0 Å². The third-order valence-corrected chi connectivity index (χ3v) is 8.73. The number of carbonyl (C=O) groups is 1. The summed E-state index contributed by atoms with van der Waals surface area (Å²) in [6.07, 6.45) is 1.83. The van der Waals surface area contributed by atoms with Crippen LogP contribution in [0.1, 0.15) is 43.5 Å². The third-order valence-electron chi connectivity index (χ3n) is 7.75. The molecule has 1 aromatic heterocycles. The maximum absolute atomic E-state index is 14.1. The molecular weight excluding hydrogens is 600 g/mol. The highest BCUT2D eigenvalue weighted by atomic mass is 32.1. The topological polar surface area (TPSA) is 88.4 Å². The molecule has 0 N–H and O–H groups in total. The molecule has 0 aliphatic carbocycles. The van der Waals surface area contributed by atoms with Gasteiger partial charge in [0.2, 0.25) is 0 Å². The Labute approximate surface area is 270 Å². The van der Waals surface area contributed by atoms with Crippen LogP contribution < -0.4 is 29.1 Å². The van der Waals surface area contributed by atoms with Crippen LogP contribution in [-0.2, 0) is 16.1 Å². The van der Waals surface area contributed by atoms with Gasteiger partial charge in [-0.25, -0.2) is 9.79 Å². The number of aromatic nitrogens is 1. The Kier molecular flexibility index (Phi) is 9.03. The van der Waals surface area contributed by atoms with E-state index >= 15 is 0 Å². The molecule has 6 rings (SSSR count). The first-order valence-electron chi connectivity index (χ1n) is 15.1. The zero-order valence-corrected chi connectivity index (χ0v) is 26.9. The van der Waals surface area contributed by atoms with Crippen LogP contribution in [0.3, 0.4) is 0 Å². The Balaban J connectivity index is 1.39. The van der Waals surface area contributed by atoms with Crippen molar-refractivity contribution < 1.29 is 23.7 Å². The van der Waals surface area contributed by atoms with E-state index < -0.39 is 12.0 Å². The minimum atomic E-state index is -0.766. The molecule has 5 aromatic rings. The summed E-state index contributed by atoms with van der Waals surface area (Å²) in [5, 5.41) is 2.32. The lowest BCUT2D eigenvalue weighted by Gasteiger charge is -2.25. The monoisotopic (exact) mass is 634 g/mol. The van der Waals surface area contributed by atoms with Crippen LogP contribution in [0.5, 0.6) is 17.2 Å². The molecule has 9 heteroatoms. The van der Waals surface area contributed by atoms with Crippen LogP contribution in [0.15, 0.2) is 106 Å². The Hall–Kier alpha value is -5.15. The van der Waals surface area contributed by atoms with Gasteiger partial charge in [0.15, 0.2) is 16.3 Å². The minimum Gasteiger partial charge on any atom is -0.493 e. The van der Waals surface area contributed by atoms with Crippen molar-refractivity contribution in [2.24, 2.45) is 4.99 Å². The predicted octanol–water partition coefficient (Wildman–Crippen LogP) is 5.94. The summed E-state index contributed by atoms with van der Waals surface area (Å²) in [4.78, 5) is 32.6. The number of nitrogens with zero attached hydrogens (tertiary/aromatic N) is 2. The number of fused-ring (bicyclic) bond motifs is 2. The first-order valence-corrected chi connectivity index (χ1v) is 15.9. The molecule has 8 nitrogen and oxygen atoms in total. The number of esters is 1. The van der Waals surface area contributed by atoms with E-state index in [0.29, 0.717) is 56.6 Å². The number of methoxy groups -OCH3 is 1. The number of rotatable bonds is 10. The molecule has 0 bridgehead atoms. The lowest BCUT2D eigenvalue weighted by atomic mass is 9.95. The molecule has 0 spiro atoms.